The van der Waals surface area contributed by atoms with Gasteiger partial charge in [0.2, 0.25) is 0 Å². The number of carbonyl (C=O) groups is 1. The van der Waals surface area contributed by atoms with Gasteiger partial charge in [-0.2, -0.15) is 10.4 Å². The van der Waals surface area contributed by atoms with E-state index in [9.17, 15) is 9.90 Å². The first-order chi connectivity index (χ1) is 15.7. The SMILES string of the molecule is C[C@@]1(O)CCC[C@@]2(C)[C@@H](CC[C@@H]3[C@@H]2CC[C@]2(C)[C@@H](C(=O)Cn4cc(C#N)cn4)CCC[C@@H]32)C1. The maximum atomic E-state index is 13.5. The van der Waals surface area contributed by atoms with Gasteiger partial charge in [-0.25, -0.2) is 0 Å². The molecular weight excluding hydrogens is 410 g/mol. The summed E-state index contributed by atoms with van der Waals surface area (Å²) in [5.41, 5.74) is 0.438. The Balaban J connectivity index is 1.37. The van der Waals surface area contributed by atoms with Crippen molar-refractivity contribution in [3.63, 3.8) is 0 Å². The molecule has 0 saturated heterocycles. The molecule has 1 N–H and O–H groups in total. The molecule has 0 unspecified atom stereocenters. The fourth-order valence-corrected chi connectivity index (χ4v) is 9.24. The topological polar surface area (TPSA) is 78.9 Å². The van der Waals surface area contributed by atoms with E-state index in [1.165, 1.54) is 32.1 Å². The van der Waals surface area contributed by atoms with Crippen LogP contribution in [0.4, 0.5) is 0 Å². The number of rotatable bonds is 3. The Kier molecular flexibility index (Phi) is 5.75. The number of aromatic nitrogens is 2. The highest BCUT2D eigenvalue weighted by atomic mass is 16.3. The second kappa shape index (κ2) is 8.22. The summed E-state index contributed by atoms with van der Waals surface area (Å²) in [6.07, 6.45) is 15.8. The second-order valence-corrected chi connectivity index (χ2v) is 12.7. The minimum absolute atomic E-state index is 0.0845. The van der Waals surface area contributed by atoms with Crippen LogP contribution in [-0.2, 0) is 11.3 Å². The highest BCUT2D eigenvalue weighted by molar-refractivity contribution is 5.81. The largest absolute Gasteiger partial charge is 0.390 e. The molecule has 5 heteroatoms. The lowest BCUT2D eigenvalue weighted by atomic mass is 9.42. The molecule has 4 aliphatic rings. The first kappa shape index (κ1) is 23.1. The lowest BCUT2D eigenvalue weighted by molar-refractivity contribution is -0.153. The molecular formula is C28H41N3O2. The quantitative estimate of drug-likeness (QED) is 0.657. The van der Waals surface area contributed by atoms with Crippen molar-refractivity contribution in [1.82, 2.24) is 9.78 Å². The van der Waals surface area contributed by atoms with Gasteiger partial charge in [0, 0.05) is 12.1 Å². The first-order valence-electron chi connectivity index (χ1n) is 13.3. The molecule has 0 amide bonds. The molecule has 1 aromatic rings. The Morgan fingerprint density at radius 3 is 2.64 bits per heavy atom. The zero-order chi connectivity index (χ0) is 23.4. The van der Waals surface area contributed by atoms with E-state index in [2.05, 4.69) is 31.9 Å². The van der Waals surface area contributed by atoms with E-state index in [1.807, 2.05) is 0 Å². The van der Waals surface area contributed by atoms with Crippen LogP contribution in [-0.4, -0.2) is 26.3 Å². The molecule has 0 radical (unpaired) electrons. The van der Waals surface area contributed by atoms with Gasteiger partial charge in [0.15, 0.2) is 5.78 Å². The Morgan fingerprint density at radius 2 is 1.88 bits per heavy atom. The maximum absolute atomic E-state index is 13.5. The third-order valence-electron chi connectivity index (χ3n) is 10.9. The van der Waals surface area contributed by atoms with E-state index in [-0.39, 0.29) is 17.9 Å². The van der Waals surface area contributed by atoms with Crippen LogP contribution in [0.25, 0.3) is 0 Å². The Hall–Kier alpha value is -1.67. The fraction of sp³-hybridized carbons (Fsp3) is 0.821. The molecule has 1 aromatic heterocycles. The summed E-state index contributed by atoms with van der Waals surface area (Å²) in [5.74, 6) is 3.13. The number of aliphatic hydroxyl groups is 1. The van der Waals surface area contributed by atoms with Crippen LogP contribution in [0.3, 0.4) is 0 Å². The highest BCUT2D eigenvalue weighted by Gasteiger charge is 2.59. The lowest BCUT2D eigenvalue weighted by Gasteiger charge is -2.62. The molecule has 8 atom stereocenters. The van der Waals surface area contributed by atoms with Gasteiger partial charge in [-0.1, -0.05) is 26.7 Å². The first-order valence-corrected chi connectivity index (χ1v) is 13.3. The molecule has 0 aromatic carbocycles. The average Bonchev–Trinajstić information content (AvgIpc) is 3.17. The van der Waals surface area contributed by atoms with Gasteiger partial charge < -0.3 is 5.11 Å². The number of nitriles is 1. The summed E-state index contributed by atoms with van der Waals surface area (Å²) in [6.45, 7) is 7.32. The van der Waals surface area contributed by atoms with Crippen LogP contribution in [0.2, 0.25) is 0 Å². The van der Waals surface area contributed by atoms with Gasteiger partial charge >= 0.3 is 0 Å². The monoisotopic (exact) mass is 451 g/mol. The van der Waals surface area contributed by atoms with Crippen LogP contribution >= 0.6 is 0 Å². The average molecular weight is 452 g/mol. The third-order valence-corrected chi connectivity index (χ3v) is 10.9. The third kappa shape index (κ3) is 3.87. The van der Waals surface area contributed by atoms with E-state index in [0.29, 0.717) is 28.6 Å². The van der Waals surface area contributed by atoms with E-state index < -0.39 is 5.60 Å². The van der Waals surface area contributed by atoms with Crippen molar-refractivity contribution >= 4 is 5.78 Å². The number of ketones is 1. The summed E-state index contributed by atoms with van der Waals surface area (Å²) < 4.78 is 1.66. The molecule has 0 bridgehead atoms. The van der Waals surface area contributed by atoms with Crippen LogP contribution in [0.15, 0.2) is 12.4 Å². The molecule has 180 valence electrons. The van der Waals surface area contributed by atoms with Crippen molar-refractivity contribution in [3.05, 3.63) is 18.0 Å². The number of hydrogen-bond donors (Lipinski definition) is 1. The standard InChI is InChI=1S/C28H41N3O2/c1-26(33)11-5-12-27(2)20(14-26)8-9-21-22-6-4-7-24(28(22,3)13-10-23(21)27)25(32)18-31-17-19(15-29)16-30-31/h16-17,20-24,33H,4-14,18H2,1-3H3/t20-,21-,22-,23-,24+,26+,27-,28-/m0/s1. The second-order valence-electron chi connectivity index (χ2n) is 12.7. The minimum Gasteiger partial charge on any atom is -0.390 e. The number of Topliss-reactive ketones (excluding diaryl/α,β-unsaturated/α-hetero) is 1. The van der Waals surface area contributed by atoms with Crippen molar-refractivity contribution in [3.8, 4) is 6.07 Å². The highest BCUT2D eigenvalue weighted by Crippen LogP contribution is 2.66. The molecule has 0 spiro atoms. The smallest absolute Gasteiger partial charge is 0.157 e. The van der Waals surface area contributed by atoms with Crippen molar-refractivity contribution in [2.75, 3.05) is 0 Å². The fourth-order valence-electron chi connectivity index (χ4n) is 9.24. The van der Waals surface area contributed by atoms with E-state index in [1.54, 1.807) is 17.1 Å². The maximum Gasteiger partial charge on any atom is 0.157 e. The van der Waals surface area contributed by atoms with E-state index in [0.717, 1.165) is 50.4 Å². The Bertz CT molecular complexity index is 945. The minimum atomic E-state index is -0.501. The lowest BCUT2D eigenvalue weighted by Crippen LogP contribution is -2.56. The molecule has 4 fully saturated rings. The van der Waals surface area contributed by atoms with Crippen LogP contribution in [0.5, 0.6) is 0 Å². The number of hydrogen-bond acceptors (Lipinski definition) is 4. The van der Waals surface area contributed by atoms with Crippen molar-refractivity contribution in [2.24, 2.45) is 40.4 Å². The van der Waals surface area contributed by atoms with E-state index >= 15 is 0 Å². The predicted molar refractivity (Wildman–Crippen MR) is 127 cm³/mol. The Labute approximate surface area is 198 Å². The van der Waals surface area contributed by atoms with Crippen molar-refractivity contribution in [2.45, 2.75) is 104 Å². The summed E-state index contributed by atoms with van der Waals surface area (Å²) >= 11 is 0. The van der Waals surface area contributed by atoms with Crippen LogP contribution in [0, 0.1) is 51.8 Å². The molecule has 4 saturated carbocycles. The van der Waals surface area contributed by atoms with Gasteiger partial charge in [0.25, 0.3) is 0 Å². The molecule has 33 heavy (non-hydrogen) atoms. The number of fused-ring (bicyclic) bond motifs is 5. The molecule has 4 aliphatic carbocycles. The number of nitrogens with zero attached hydrogens (tertiary/aromatic N) is 3. The molecule has 5 rings (SSSR count). The number of carbonyl (C=O) groups excluding carboxylic acids is 1. The molecule has 1 heterocycles. The van der Waals surface area contributed by atoms with Crippen molar-refractivity contribution < 1.29 is 9.90 Å². The summed E-state index contributed by atoms with van der Waals surface area (Å²) in [5, 5.41) is 24.2. The van der Waals surface area contributed by atoms with Crippen LogP contribution < -0.4 is 0 Å². The molecule has 0 aliphatic heterocycles. The summed E-state index contributed by atoms with van der Waals surface area (Å²) in [6, 6.07) is 2.11. The predicted octanol–water partition coefficient (Wildman–Crippen LogP) is 5.51. The van der Waals surface area contributed by atoms with Gasteiger partial charge in [-0.3, -0.25) is 9.48 Å². The Morgan fingerprint density at radius 1 is 1.09 bits per heavy atom. The normalized spacial score (nSPS) is 45.1. The molecule has 5 nitrogen and oxygen atoms in total. The summed E-state index contributed by atoms with van der Waals surface area (Å²) in [4.78, 5) is 13.5. The van der Waals surface area contributed by atoms with E-state index in [4.69, 9.17) is 5.26 Å². The van der Waals surface area contributed by atoms with Gasteiger partial charge in [-0.15, -0.1) is 0 Å². The van der Waals surface area contributed by atoms with Gasteiger partial charge in [-0.05, 0) is 99.2 Å². The van der Waals surface area contributed by atoms with Crippen LogP contribution in [0.1, 0.15) is 97.0 Å². The zero-order valence-corrected chi connectivity index (χ0v) is 20.7. The zero-order valence-electron chi connectivity index (χ0n) is 20.7. The van der Waals surface area contributed by atoms with Crippen molar-refractivity contribution in [1.29, 1.82) is 5.26 Å². The van der Waals surface area contributed by atoms with Gasteiger partial charge in [0.1, 0.15) is 6.07 Å². The summed E-state index contributed by atoms with van der Waals surface area (Å²) in [7, 11) is 0. The van der Waals surface area contributed by atoms with Gasteiger partial charge in [0.05, 0.1) is 23.9 Å².